The van der Waals surface area contributed by atoms with Crippen LogP contribution in [0.15, 0.2) is 29.4 Å². The van der Waals surface area contributed by atoms with Gasteiger partial charge in [0.25, 0.3) is 0 Å². The molecule has 0 radical (unpaired) electrons. The Balaban J connectivity index is 1.53. The van der Waals surface area contributed by atoms with Gasteiger partial charge >= 0.3 is 0 Å². The van der Waals surface area contributed by atoms with Crippen molar-refractivity contribution in [1.29, 1.82) is 0 Å². The van der Waals surface area contributed by atoms with E-state index in [1.807, 2.05) is 30.0 Å². The third kappa shape index (κ3) is 4.10. The fourth-order valence-corrected chi connectivity index (χ4v) is 5.37. The van der Waals surface area contributed by atoms with Crippen molar-refractivity contribution in [2.75, 3.05) is 25.4 Å². The van der Waals surface area contributed by atoms with Gasteiger partial charge in [0.2, 0.25) is 0 Å². The normalized spacial score (nSPS) is 19.3. The molecule has 0 bridgehead atoms. The van der Waals surface area contributed by atoms with Crippen molar-refractivity contribution in [3.8, 4) is 11.4 Å². The fraction of sp³-hybridized carbons (Fsp3) is 0.600. The fourth-order valence-electron chi connectivity index (χ4n) is 4.14. The number of likely N-dealkylation sites (tertiary alicyclic amines) is 1. The Morgan fingerprint density at radius 2 is 1.77 bits per heavy atom. The maximum Gasteiger partial charge on any atom is 0.191 e. The van der Waals surface area contributed by atoms with E-state index < -0.39 is 0 Å². The highest BCUT2D eigenvalue weighted by Gasteiger charge is 2.25. The second-order valence-electron chi connectivity index (χ2n) is 7.35. The van der Waals surface area contributed by atoms with Gasteiger partial charge in [-0.2, -0.15) is 0 Å². The summed E-state index contributed by atoms with van der Waals surface area (Å²) in [5.41, 5.74) is 0.997. The molecular weight excluding hydrogens is 364 g/mol. The standard InChI is InChI=1S/C20H27ClN4S/c21-18-11-5-4-10-17(18)19-22-23-20(25(19)16-8-2-3-9-16)26-15-14-24-12-6-1-7-13-24/h4-5,10-11,16H,1-3,6-9,12-15H2. The smallest absolute Gasteiger partial charge is 0.191 e. The third-order valence-corrected chi connectivity index (χ3v) is 6.81. The Bertz CT molecular complexity index is 720. The number of piperidine rings is 1. The number of thioether (sulfide) groups is 1. The Hall–Kier alpha value is -1.04. The van der Waals surface area contributed by atoms with Gasteiger partial charge in [-0.3, -0.25) is 4.57 Å². The number of hydrogen-bond donors (Lipinski definition) is 0. The van der Waals surface area contributed by atoms with Crippen LogP contribution >= 0.6 is 23.4 Å². The minimum absolute atomic E-state index is 0.508. The van der Waals surface area contributed by atoms with E-state index in [4.69, 9.17) is 11.6 Å². The summed E-state index contributed by atoms with van der Waals surface area (Å²) >= 11 is 8.31. The summed E-state index contributed by atoms with van der Waals surface area (Å²) in [5, 5.41) is 10.9. The molecule has 2 fully saturated rings. The molecule has 0 unspecified atom stereocenters. The molecule has 2 aromatic rings. The van der Waals surface area contributed by atoms with Gasteiger partial charge in [0, 0.05) is 23.9 Å². The first-order valence-corrected chi connectivity index (χ1v) is 11.2. The Morgan fingerprint density at radius 3 is 2.54 bits per heavy atom. The number of benzene rings is 1. The number of hydrogen-bond acceptors (Lipinski definition) is 4. The lowest BCUT2D eigenvalue weighted by atomic mass is 10.1. The van der Waals surface area contributed by atoms with Crippen LogP contribution in [0.4, 0.5) is 0 Å². The van der Waals surface area contributed by atoms with Gasteiger partial charge in [0.05, 0.1) is 5.02 Å². The predicted molar refractivity (Wildman–Crippen MR) is 109 cm³/mol. The van der Waals surface area contributed by atoms with Crippen LogP contribution in [-0.4, -0.2) is 45.1 Å². The van der Waals surface area contributed by atoms with Crippen molar-refractivity contribution in [3.63, 3.8) is 0 Å². The van der Waals surface area contributed by atoms with E-state index in [-0.39, 0.29) is 0 Å². The summed E-state index contributed by atoms with van der Waals surface area (Å²) in [6.45, 7) is 3.64. The SMILES string of the molecule is Clc1ccccc1-c1nnc(SCCN2CCCCC2)n1C1CCCC1. The second-order valence-corrected chi connectivity index (χ2v) is 8.81. The second kappa shape index (κ2) is 8.77. The maximum absolute atomic E-state index is 6.46. The molecule has 2 aliphatic rings. The van der Waals surface area contributed by atoms with Gasteiger partial charge in [0.15, 0.2) is 11.0 Å². The molecule has 26 heavy (non-hydrogen) atoms. The first kappa shape index (κ1) is 18.3. The lowest BCUT2D eigenvalue weighted by Crippen LogP contribution is -2.31. The van der Waals surface area contributed by atoms with Crippen molar-refractivity contribution < 1.29 is 0 Å². The van der Waals surface area contributed by atoms with Gasteiger partial charge in [-0.05, 0) is 50.9 Å². The minimum atomic E-state index is 0.508. The highest BCUT2D eigenvalue weighted by Crippen LogP contribution is 2.38. The summed E-state index contributed by atoms with van der Waals surface area (Å²) in [7, 11) is 0. The van der Waals surface area contributed by atoms with Crippen LogP contribution in [0.1, 0.15) is 51.0 Å². The van der Waals surface area contributed by atoms with Crippen LogP contribution in [0.3, 0.4) is 0 Å². The lowest BCUT2D eigenvalue weighted by Gasteiger charge is -2.26. The summed E-state index contributed by atoms with van der Waals surface area (Å²) in [4.78, 5) is 2.59. The quantitative estimate of drug-likeness (QED) is 0.627. The van der Waals surface area contributed by atoms with Crippen LogP contribution in [0.25, 0.3) is 11.4 Å². The highest BCUT2D eigenvalue weighted by atomic mass is 35.5. The molecule has 4 rings (SSSR count). The van der Waals surface area contributed by atoms with E-state index in [1.165, 1.54) is 58.0 Å². The Morgan fingerprint density at radius 1 is 1.00 bits per heavy atom. The van der Waals surface area contributed by atoms with Crippen molar-refractivity contribution in [3.05, 3.63) is 29.3 Å². The molecule has 1 saturated carbocycles. The van der Waals surface area contributed by atoms with Gasteiger partial charge in [-0.25, -0.2) is 0 Å². The van der Waals surface area contributed by atoms with E-state index in [1.54, 1.807) is 0 Å². The van der Waals surface area contributed by atoms with E-state index in [9.17, 15) is 0 Å². The lowest BCUT2D eigenvalue weighted by molar-refractivity contribution is 0.242. The van der Waals surface area contributed by atoms with E-state index >= 15 is 0 Å². The molecule has 0 N–H and O–H groups in total. The molecule has 0 spiro atoms. The minimum Gasteiger partial charge on any atom is -0.303 e. The van der Waals surface area contributed by atoms with E-state index in [0.717, 1.165) is 33.9 Å². The summed E-state index contributed by atoms with van der Waals surface area (Å²) in [6.07, 6.45) is 9.11. The van der Waals surface area contributed by atoms with E-state index in [0.29, 0.717) is 6.04 Å². The van der Waals surface area contributed by atoms with Crippen molar-refractivity contribution in [2.45, 2.75) is 56.1 Å². The molecule has 2 heterocycles. The highest BCUT2D eigenvalue weighted by molar-refractivity contribution is 7.99. The topological polar surface area (TPSA) is 34.0 Å². The molecule has 1 aliphatic carbocycles. The van der Waals surface area contributed by atoms with Crippen molar-refractivity contribution >= 4 is 23.4 Å². The number of halogens is 1. The molecule has 1 aromatic carbocycles. The van der Waals surface area contributed by atoms with E-state index in [2.05, 4.69) is 25.7 Å². The van der Waals surface area contributed by atoms with Crippen molar-refractivity contribution in [2.24, 2.45) is 0 Å². The van der Waals surface area contributed by atoms with Crippen LogP contribution < -0.4 is 0 Å². The van der Waals surface area contributed by atoms with Crippen LogP contribution in [0.2, 0.25) is 5.02 Å². The van der Waals surface area contributed by atoms with Gasteiger partial charge in [-0.15, -0.1) is 10.2 Å². The average Bonchev–Trinajstić information content (AvgIpc) is 3.32. The Kier molecular flexibility index (Phi) is 6.18. The zero-order chi connectivity index (χ0) is 17.8. The van der Waals surface area contributed by atoms with Crippen molar-refractivity contribution in [1.82, 2.24) is 19.7 Å². The average molecular weight is 391 g/mol. The summed E-state index contributed by atoms with van der Waals surface area (Å²) in [5.74, 6) is 2.01. The van der Waals surface area contributed by atoms with Gasteiger partial charge in [0.1, 0.15) is 0 Å². The van der Waals surface area contributed by atoms with Gasteiger partial charge in [-0.1, -0.05) is 54.8 Å². The molecule has 0 atom stereocenters. The van der Waals surface area contributed by atoms with Crippen LogP contribution in [0.5, 0.6) is 0 Å². The molecule has 0 amide bonds. The molecular formula is C20H27ClN4S. The molecule has 1 aromatic heterocycles. The third-order valence-electron chi connectivity index (χ3n) is 5.56. The first-order chi connectivity index (χ1) is 12.8. The summed E-state index contributed by atoms with van der Waals surface area (Å²) in [6, 6.07) is 8.50. The number of aromatic nitrogens is 3. The Labute approximate surface area is 165 Å². The maximum atomic E-state index is 6.46. The van der Waals surface area contributed by atoms with Gasteiger partial charge < -0.3 is 4.90 Å². The molecule has 1 aliphatic heterocycles. The zero-order valence-corrected chi connectivity index (χ0v) is 16.8. The number of rotatable bonds is 6. The predicted octanol–water partition coefficient (Wildman–Crippen LogP) is 5.29. The number of nitrogens with zero attached hydrogens (tertiary/aromatic N) is 4. The van der Waals surface area contributed by atoms with Crippen LogP contribution in [0, 0.1) is 0 Å². The molecule has 6 heteroatoms. The van der Waals surface area contributed by atoms with Crippen LogP contribution in [-0.2, 0) is 0 Å². The monoisotopic (exact) mass is 390 g/mol. The summed E-state index contributed by atoms with van der Waals surface area (Å²) < 4.78 is 2.37. The zero-order valence-electron chi connectivity index (χ0n) is 15.2. The largest absolute Gasteiger partial charge is 0.303 e. The first-order valence-electron chi connectivity index (χ1n) is 9.88. The molecule has 140 valence electrons. The molecule has 4 nitrogen and oxygen atoms in total. The molecule has 1 saturated heterocycles.